The number of hydrogen-bond acceptors (Lipinski definition) is 6. The number of anilines is 1. The Morgan fingerprint density at radius 2 is 1.73 bits per heavy atom. The van der Waals surface area contributed by atoms with E-state index in [1.54, 1.807) is 18.3 Å². The van der Waals surface area contributed by atoms with Crippen LogP contribution in [-0.4, -0.2) is 48.8 Å². The highest BCUT2D eigenvalue weighted by molar-refractivity contribution is 7.91. The van der Waals surface area contributed by atoms with Gasteiger partial charge in [0.1, 0.15) is 11.8 Å². The Morgan fingerprint density at radius 1 is 1.00 bits per heavy atom. The molecule has 1 fully saturated rings. The van der Waals surface area contributed by atoms with Crippen LogP contribution in [0.4, 0.5) is 5.69 Å². The molecule has 2 heterocycles. The maximum atomic E-state index is 13.3. The van der Waals surface area contributed by atoms with Gasteiger partial charge in [-0.25, -0.2) is 13.4 Å². The fourth-order valence-electron chi connectivity index (χ4n) is 3.77. The van der Waals surface area contributed by atoms with E-state index < -0.39 is 15.9 Å². The van der Waals surface area contributed by atoms with Gasteiger partial charge in [0.05, 0.1) is 23.4 Å². The number of nitrogens with one attached hydrogen (secondary N) is 1. The van der Waals surface area contributed by atoms with Gasteiger partial charge in [0.15, 0.2) is 9.84 Å². The Balaban J connectivity index is 1.47. The van der Waals surface area contributed by atoms with Crippen LogP contribution in [-0.2, 0) is 14.6 Å². The van der Waals surface area contributed by atoms with Crippen molar-refractivity contribution in [1.29, 1.82) is 0 Å². The van der Waals surface area contributed by atoms with E-state index in [4.69, 9.17) is 4.74 Å². The number of pyridine rings is 1. The van der Waals surface area contributed by atoms with E-state index >= 15 is 0 Å². The summed E-state index contributed by atoms with van der Waals surface area (Å²) in [6, 6.07) is 18.1. The van der Waals surface area contributed by atoms with Gasteiger partial charge in [-0.1, -0.05) is 36.4 Å². The molecule has 0 aliphatic carbocycles. The molecule has 0 spiro atoms. The van der Waals surface area contributed by atoms with Gasteiger partial charge >= 0.3 is 0 Å². The van der Waals surface area contributed by atoms with Crippen LogP contribution < -0.4 is 10.1 Å². The van der Waals surface area contributed by atoms with Gasteiger partial charge < -0.3 is 10.1 Å². The minimum Gasteiger partial charge on any atom is -0.439 e. The van der Waals surface area contributed by atoms with Crippen molar-refractivity contribution in [2.45, 2.75) is 19.9 Å². The SMILES string of the molecule is Cc1ccc(Oc2ccc(NC(=O)C(c3ccccc3)N3CCS(=O)(=O)CC3)cn2)cc1C. The van der Waals surface area contributed by atoms with Crippen molar-refractivity contribution in [2.24, 2.45) is 0 Å². The predicted molar refractivity (Wildman–Crippen MR) is 128 cm³/mol. The Bertz CT molecular complexity index is 1210. The zero-order chi connectivity index (χ0) is 23.4. The highest BCUT2D eigenvalue weighted by Gasteiger charge is 2.32. The molecule has 2 aromatic carbocycles. The number of ether oxygens (including phenoxy) is 1. The largest absolute Gasteiger partial charge is 0.439 e. The summed E-state index contributed by atoms with van der Waals surface area (Å²) in [7, 11) is -3.05. The Hall–Kier alpha value is -3.23. The van der Waals surface area contributed by atoms with Crippen LogP contribution in [0.2, 0.25) is 0 Å². The molecule has 1 saturated heterocycles. The summed E-state index contributed by atoms with van der Waals surface area (Å²) in [5.74, 6) is 1.000. The molecule has 8 heteroatoms. The van der Waals surface area contributed by atoms with Gasteiger partial charge in [-0.15, -0.1) is 0 Å². The van der Waals surface area contributed by atoms with E-state index in [9.17, 15) is 13.2 Å². The van der Waals surface area contributed by atoms with Crippen LogP contribution in [0.5, 0.6) is 11.6 Å². The monoisotopic (exact) mass is 465 g/mol. The number of aromatic nitrogens is 1. The number of hydrogen-bond donors (Lipinski definition) is 1. The van der Waals surface area contributed by atoms with Crippen molar-refractivity contribution in [3.05, 3.63) is 83.6 Å². The summed E-state index contributed by atoms with van der Waals surface area (Å²) >= 11 is 0. The molecule has 4 rings (SSSR count). The Kier molecular flexibility index (Phi) is 6.76. The minimum atomic E-state index is -3.05. The van der Waals surface area contributed by atoms with E-state index in [0.29, 0.717) is 30.4 Å². The summed E-state index contributed by atoms with van der Waals surface area (Å²) < 4.78 is 29.6. The molecular weight excluding hydrogens is 438 g/mol. The summed E-state index contributed by atoms with van der Waals surface area (Å²) in [6.07, 6.45) is 1.55. The molecule has 7 nitrogen and oxygen atoms in total. The maximum absolute atomic E-state index is 13.3. The third-order valence-corrected chi connectivity index (χ3v) is 7.42. The fourth-order valence-corrected chi connectivity index (χ4v) is 5.00. The molecule has 1 unspecified atom stereocenters. The van der Waals surface area contributed by atoms with Crippen molar-refractivity contribution in [3.8, 4) is 11.6 Å². The predicted octanol–water partition coefficient (Wildman–Crippen LogP) is 3.90. The minimum absolute atomic E-state index is 0.0513. The van der Waals surface area contributed by atoms with Gasteiger partial charge in [-0.05, 0) is 48.7 Å². The van der Waals surface area contributed by atoms with Crippen molar-refractivity contribution >= 4 is 21.4 Å². The molecule has 0 saturated carbocycles. The van der Waals surface area contributed by atoms with Crippen LogP contribution in [0.25, 0.3) is 0 Å². The van der Waals surface area contributed by atoms with Gasteiger partial charge in [-0.2, -0.15) is 0 Å². The zero-order valence-corrected chi connectivity index (χ0v) is 19.5. The van der Waals surface area contributed by atoms with Crippen LogP contribution in [0.1, 0.15) is 22.7 Å². The highest BCUT2D eigenvalue weighted by Crippen LogP contribution is 2.26. The van der Waals surface area contributed by atoms with Crippen LogP contribution in [0.15, 0.2) is 66.9 Å². The van der Waals surface area contributed by atoms with E-state index in [0.717, 1.165) is 11.1 Å². The molecule has 0 bridgehead atoms. The molecule has 33 heavy (non-hydrogen) atoms. The number of rotatable bonds is 6. The van der Waals surface area contributed by atoms with E-state index in [1.807, 2.05) is 67.3 Å². The van der Waals surface area contributed by atoms with Crippen molar-refractivity contribution in [1.82, 2.24) is 9.88 Å². The first-order valence-electron chi connectivity index (χ1n) is 10.8. The summed E-state index contributed by atoms with van der Waals surface area (Å²) in [5, 5.41) is 2.92. The normalized spacial score (nSPS) is 16.7. The number of carbonyl (C=O) groups is 1. The Labute approximate surface area is 194 Å². The highest BCUT2D eigenvalue weighted by atomic mass is 32.2. The second kappa shape index (κ2) is 9.72. The van der Waals surface area contributed by atoms with Gasteiger partial charge in [0.2, 0.25) is 11.8 Å². The third kappa shape index (κ3) is 5.77. The summed E-state index contributed by atoms with van der Waals surface area (Å²) in [5.41, 5.74) is 3.68. The number of carbonyl (C=O) groups excluding carboxylic acids is 1. The van der Waals surface area contributed by atoms with Gasteiger partial charge in [0, 0.05) is 19.2 Å². The van der Waals surface area contributed by atoms with Crippen molar-refractivity contribution in [2.75, 3.05) is 29.9 Å². The van der Waals surface area contributed by atoms with Crippen molar-refractivity contribution < 1.29 is 17.9 Å². The summed E-state index contributed by atoms with van der Waals surface area (Å²) in [6.45, 7) is 4.70. The lowest BCUT2D eigenvalue weighted by atomic mass is 10.0. The quantitative estimate of drug-likeness (QED) is 0.594. The number of sulfone groups is 1. The molecule has 3 aromatic rings. The smallest absolute Gasteiger partial charge is 0.246 e. The Morgan fingerprint density at radius 3 is 2.36 bits per heavy atom. The maximum Gasteiger partial charge on any atom is 0.246 e. The standard InChI is InChI=1S/C25H27N3O4S/c1-18-8-10-22(16-19(18)2)32-23-11-9-21(17-26-23)27-25(29)24(20-6-4-3-5-7-20)28-12-14-33(30,31)15-13-28/h3-11,16-17,24H,12-15H2,1-2H3,(H,27,29). The third-order valence-electron chi connectivity index (χ3n) is 5.81. The second-order valence-corrected chi connectivity index (χ2v) is 10.5. The van der Waals surface area contributed by atoms with Gasteiger partial charge in [-0.3, -0.25) is 9.69 Å². The lowest BCUT2D eigenvalue weighted by molar-refractivity contribution is -0.121. The number of nitrogens with zero attached hydrogens (tertiary/aromatic N) is 2. The average molecular weight is 466 g/mol. The topological polar surface area (TPSA) is 88.6 Å². The van der Waals surface area contributed by atoms with Crippen molar-refractivity contribution in [3.63, 3.8) is 0 Å². The molecule has 172 valence electrons. The van der Waals surface area contributed by atoms with Crippen LogP contribution in [0.3, 0.4) is 0 Å². The fraction of sp³-hybridized carbons (Fsp3) is 0.280. The van der Waals surface area contributed by atoms with Crippen LogP contribution >= 0.6 is 0 Å². The molecule has 1 amide bonds. The molecule has 1 aromatic heterocycles. The molecule has 0 radical (unpaired) electrons. The van der Waals surface area contributed by atoms with Crippen LogP contribution in [0, 0.1) is 13.8 Å². The molecular formula is C25H27N3O4S. The second-order valence-electron chi connectivity index (χ2n) is 8.22. The lowest BCUT2D eigenvalue weighted by Crippen LogP contribution is -2.46. The lowest BCUT2D eigenvalue weighted by Gasteiger charge is -2.33. The van der Waals surface area contributed by atoms with E-state index in [2.05, 4.69) is 10.3 Å². The molecule has 1 atom stereocenters. The number of aryl methyl sites for hydroxylation is 2. The van der Waals surface area contributed by atoms with Gasteiger partial charge in [0.25, 0.3) is 0 Å². The number of benzene rings is 2. The number of amides is 1. The van der Waals surface area contributed by atoms with E-state index in [1.165, 1.54) is 5.56 Å². The summed E-state index contributed by atoms with van der Waals surface area (Å²) in [4.78, 5) is 19.5. The average Bonchev–Trinajstić information content (AvgIpc) is 2.80. The zero-order valence-electron chi connectivity index (χ0n) is 18.7. The first kappa shape index (κ1) is 22.9. The molecule has 1 N–H and O–H groups in total. The molecule has 1 aliphatic rings. The molecule has 1 aliphatic heterocycles. The first-order chi connectivity index (χ1) is 15.8. The first-order valence-corrected chi connectivity index (χ1v) is 12.6. The van der Waals surface area contributed by atoms with E-state index in [-0.39, 0.29) is 17.4 Å².